The van der Waals surface area contributed by atoms with E-state index in [1.165, 1.54) is 14.2 Å². The van der Waals surface area contributed by atoms with Crippen LogP contribution in [-0.4, -0.2) is 44.1 Å². The lowest BCUT2D eigenvalue weighted by atomic mass is 10.0. The van der Waals surface area contributed by atoms with Gasteiger partial charge < -0.3 is 19.1 Å². The van der Waals surface area contributed by atoms with E-state index >= 15 is 0 Å². The summed E-state index contributed by atoms with van der Waals surface area (Å²) in [4.78, 5) is 26.5. The molecule has 126 valence electrons. The molecule has 1 aliphatic rings. The Labute approximate surface area is 136 Å². The third-order valence-electron chi connectivity index (χ3n) is 4.00. The molecular weight excluding hydrogens is 298 g/mol. The molecule has 0 aliphatic carbocycles. The summed E-state index contributed by atoms with van der Waals surface area (Å²) in [5.41, 5.74) is 1.29. The number of esters is 1. The Bertz CT molecular complexity index is 611. The first-order chi connectivity index (χ1) is 10.9. The summed E-state index contributed by atoms with van der Waals surface area (Å²) in [6.45, 7) is 4.34. The smallest absolute Gasteiger partial charge is 0.328 e. The van der Waals surface area contributed by atoms with Crippen LogP contribution in [0.2, 0.25) is 0 Å². The van der Waals surface area contributed by atoms with E-state index in [1.54, 1.807) is 24.1 Å². The van der Waals surface area contributed by atoms with Crippen molar-refractivity contribution in [3.63, 3.8) is 0 Å². The summed E-state index contributed by atoms with van der Waals surface area (Å²) >= 11 is 0. The molecule has 0 radical (unpaired) electrons. The van der Waals surface area contributed by atoms with Crippen molar-refractivity contribution in [1.82, 2.24) is 4.90 Å². The first-order valence-electron chi connectivity index (χ1n) is 7.56. The second-order valence-corrected chi connectivity index (χ2v) is 5.96. The van der Waals surface area contributed by atoms with Crippen LogP contribution in [0, 0.1) is 5.92 Å². The van der Waals surface area contributed by atoms with Gasteiger partial charge >= 0.3 is 5.97 Å². The second-order valence-electron chi connectivity index (χ2n) is 5.96. The molecule has 1 aromatic rings. The first kappa shape index (κ1) is 17.1. The van der Waals surface area contributed by atoms with E-state index in [1.807, 2.05) is 13.8 Å². The fraction of sp³-hybridized carbons (Fsp3) is 0.529. The maximum Gasteiger partial charge on any atom is 0.328 e. The minimum atomic E-state index is -0.601. The van der Waals surface area contributed by atoms with E-state index in [-0.39, 0.29) is 11.8 Å². The van der Waals surface area contributed by atoms with Crippen LogP contribution >= 0.6 is 0 Å². The molecule has 1 amide bonds. The van der Waals surface area contributed by atoms with Gasteiger partial charge in [-0.25, -0.2) is 4.79 Å². The molecule has 1 aliphatic heterocycles. The molecule has 6 nitrogen and oxygen atoms in total. The van der Waals surface area contributed by atoms with Gasteiger partial charge in [0.15, 0.2) is 0 Å². The molecule has 1 aromatic carbocycles. The van der Waals surface area contributed by atoms with Crippen LogP contribution < -0.4 is 9.47 Å². The average molecular weight is 321 g/mol. The Morgan fingerprint density at radius 3 is 2.43 bits per heavy atom. The van der Waals surface area contributed by atoms with E-state index < -0.39 is 12.0 Å². The molecule has 6 heteroatoms. The molecule has 1 atom stereocenters. The van der Waals surface area contributed by atoms with Gasteiger partial charge in [0.1, 0.15) is 17.5 Å². The van der Waals surface area contributed by atoms with Gasteiger partial charge in [-0.3, -0.25) is 4.79 Å². The minimum Gasteiger partial charge on any atom is -0.497 e. The zero-order valence-corrected chi connectivity index (χ0v) is 14.2. The van der Waals surface area contributed by atoms with Crippen molar-refractivity contribution < 1.29 is 23.8 Å². The van der Waals surface area contributed by atoms with Gasteiger partial charge in [-0.1, -0.05) is 13.8 Å². The van der Waals surface area contributed by atoms with Gasteiger partial charge in [0.2, 0.25) is 0 Å². The first-order valence-corrected chi connectivity index (χ1v) is 7.56. The maximum atomic E-state index is 12.8. The molecule has 2 rings (SSSR count). The van der Waals surface area contributed by atoms with E-state index in [0.29, 0.717) is 30.0 Å². The Morgan fingerprint density at radius 2 is 1.91 bits per heavy atom. The number of methoxy groups -OCH3 is 3. The Morgan fingerprint density at radius 1 is 1.22 bits per heavy atom. The van der Waals surface area contributed by atoms with Crippen molar-refractivity contribution in [2.75, 3.05) is 21.3 Å². The molecule has 0 saturated carbocycles. The highest BCUT2D eigenvalue weighted by molar-refractivity contribution is 6.01. The molecule has 0 aromatic heterocycles. The Hall–Kier alpha value is -2.24. The molecule has 0 saturated heterocycles. The van der Waals surface area contributed by atoms with Gasteiger partial charge in [-0.05, 0) is 18.4 Å². The lowest BCUT2D eigenvalue weighted by Crippen LogP contribution is -2.42. The van der Waals surface area contributed by atoms with Crippen LogP contribution in [0.3, 0.4) is 0 Å². The van der Waals surface area contributed by atoms with E-state index in [2.05, 4.69) is 0 Å². The highest BCUT2D eigenvalue weighted by atomic mass is 16.5. The van der Waals surface area contributed by atoms with Crippen LogP contribution in [-0.2, 0) is 16.1 Å². The summed E-state index contributed by atoms with van der Waals surface area (Å²) in [5.74, 6) is 0.795. The van der Waals surface area contributed by atoms with Crippen LogP contribution in [0.4, 0.5) is 0 Å². The fourth-order valence-corrected chi connectivity index (χ4v) is 2.86. The number of hydrogen-bond donors (Lipinski definition) is 0. The largest absolute Gasteiger partial charge is 0.497 e. The summed E-state index contributed by atoms with van der Waals surface area (Å²) in [7, 11) is 4.43. The van der Waals surface area contributed by atoms with Crippen LogP contribution in [0.1, 0.15) is 36.2 Å². The van der Waals surface area contributed by atoms with Crippen LogP contribution in [0.25, 0.3) is 0 Å². The monoisotopic (exact) mass is 321 g/mol. The lowest BCUT2D eigenvalue weighted by Gasteiger charge is -2.26. The number of rotatable bonds is 6. The number of fused-ring (bicyclic) bond motifs is 1. The quantitative estimate of drug-likeness (QED) is 0.752. The molecule has 0 unspecified atom stereocenters. The third kappa shape index (κ3) is 3.25. The predicted molar refractivity (Wildman–Crippen MR) is 84.7 cm³/mol. The van der Waals surface area contributed by atoms with Crippen LogP contribution in [0.15, 0.2) is 12.1 Å². The SMILES string of the molecule is COC(=O)[C@@H](CC(C)C)N1Cc2c(OC)cc(OC)cc2C1=O. The summed E-state index contributed by atoms with van der Waals surface area (Å²) < 4.78 is 15.5. The summed E-state index contributed by atoms with van der Waals surface area (Å²) in [6, 6.07) is 2.82. The van der Waals surface area contributed by atoms with Crippen molar-refractivity contribution in [1.29, 1.82) is 0 Å². The number of nitrogens with zero attached hydrogens (tertiary/aromatic N) is 1. The molecule has 23 heavy (non-hydrogen) atoms. The van der Waals surface area contributed by atoms with Crippen molar-refractivity contribution in [3.05, 3.63) is 23.3 Å². The standard InChI is InChI=1S/C17H23NO5/c1-10(2)6-14(17(20)23-5)18-9-13-12(16(18)19)7-11(21-3)8-15(13)22-4/h7-8,10,14H,6,9H2,1-5H3/t14-/m1/s1. The molecule has 1 heterocycles. The molecule has 0 spiro atoms. The fourth-order valence-electron chi connectivity index (χ4n) is 2.86. The molecular formula is C17H23NO5. The molecule has 0 fully saturated rings. The van der Waals surface area contributed by atoms with Gasteiger partial charge in [-0.2, -0.15) is 0 Å². The van der Waals surface area contributed by atoms with Gasteiger partial charge in [0.25, 0.3) is 5.91 Å². The zero-order chi connectivity index (χ0) is 17.1. The van der Waals surface area contributed by atoms with E-state index in [0.717, 1.165) is 5.56 Å². The summed E-state index contributed by atoms with van der Waals surface area (Å²) in [5, 5.41) is 0. The third-order valence-corrected chi connectivity index (χ3v) is 4.00. The Balaban J connectivity index is 2.40. The van der Waals surface area contributed by atoms with Gasteiger partial charge in [0, 0.05) is 11.6 Å². The number of ether oxygens (including phenoxy) is 3. The number of amides is 1. The lowest BCUT2D eigenvalue weighted by molar-refractivity contribution is -0.146. The van der Waals surface area contributed by atoms with Gasteiger partial charge in [0.05, 0.1) is 33.4 Å². The molecule has 0 N–H and O–H groups in total. The van der Waals surface area contributed by atoms with Crippen LogP contribution in [0.5, 0.6) is 11.5 Å². The number of carbonyl (C=O) groups is 2. The number of carbonyl (C=O) groups excluding carboxylic acids is 2. The highest BCUT2D eigenvalue weighted by Crippen LogP contribution is 2.36. The number of benzene rings is 1. The topological polar surface area (TPSA) is 65.1 Å². The maximum absolute atomic E-state index is 12.8. The average Bonchev–Trinajstić information content (AvgIpc) is 2.87. The minimum absolute atomic E-state index is 0.201. The van der Waals surface area contributed by atoms with Crippen molar-refractivity contribution in [2.24, 2.45) is 5.92 Å². The van der Waals surface area contributed by atoms with Gasteiger partial charge in [-0.15, -0.1) is 0 Å². The molecule has 0 bridgehead atoms. The van der Waals surface area contributed by atoms with Crippen molar-refractivity contribution in [3.8, 4) is 11.5 Å². The normalized spacial score (nSPS) is 14.7. The highest BCUT2D eigenvalue weighted by Gasteiger charge is 2.39. The van der Waals surface area contributed by atoms with E-state index in [4.69, 9.17) is 14.2 Å². The zero-order valence-electron chi connectivity index (χ0n) is 14.2. The number of hydrogen-bond acceptors (Lipinski definition) is 5. The Kier molecular flexibility index (Phi) is 5.13. The van der Waals surface area contributed by atoms with Crippen molar-refractivity contribution in [2.45, 2.75) is 32.9 Å². The second kappa shape index (κ2) is 6.89. The summed E-state index contributed by atoms with van der Waals surface area (Å²) in [6.07, 6.45) is 0.547. The van der Waals surface area contributed by atoms with Crippen molar-refractivity contribution >= 4 is 11.9 Å². The van der Waals surface area contributed by atoms with E-state index in [9.17, 15) is 9.59 Å². The predicted octanol–water partition coefficient (Wildman–Crippen LogP) is 2.25.